The lowest BCUT2D eigenvalue weighted by molar-refractivity contribution is 1.23. The van der Waals surface area contributed by atoms with Crippen molar-refractivity contribution in [2.75, 3.05) is 0 Å². The molecule has 0 spiro atoms. The molecule has 2 heteroatoms. The average Bonchev–Trinajstić information content (AvgIpc) is 3.05. The lowest BCUT2D eigenvalue weighted by Gasteiger charge is -2.02. The number of H-pyrrole nitrogens is 1. The Labute approximate surface area is 129 Å². The molecule has 106 valence electrons. The zero-order valence-corrected chi connectivity index (χ0v) is 14.9. The highest BCUT2D eigenvalue weighted by Gasteiger charge is 2.18. The van der Waals surface area contributed by atoms with Crippen LogP contribution < -0.4 is 5.19 Å². The standard InChI is InChI=1S/C13H12Si.C6H9N/c14-13-7-3-6-11-10-5-2-1-4-9(10)8-12(11)13;1-5-3-4-7-6(5)2/h1-7H,8H2,14H3;3-4,7H,1-2H3. The minimum atomic E-state index is 1.14. The molecule has 0 saturated carbocycles. The van der Waals surface area contributed by atoms with E-state index in [-0.39, 0.29) is 0 Å². The van der Waals surface area contributed by atoms with Crippen LogP contribution in [0.5, 0.6) is 0 Å². The molecular formula is C19H21NSi. The molecule has 0 bridgehead atoms. The van der Waals surface area contributed by atoms with Gasteiger partial charge in [-0.25, -0.2) is 0 Å². The van der Waals surface area contributed by atoms with Gasteiger partial charge < -0.3 is 4.98 Å². The summed E-state index contributed by atoms with van der Waals surface area (Å²) in [5, 5.41) is 1.55. The van der Waals surface area contributed by atoms with Gasteiger partial charge in [0.25, 0.3) is 0 Å². The fourth-order valence-electron chi connectivity index (χ4n) is 2.85. The summed E-state index contributed by atoms with van der Waals surface area (Å²) < 4.78 is 0. The summed E-state index contributed by atoms with van der Waals surface area (Å²) in [5.41, 5.74) is 8.57. The molecule has 0 amide bonds. The Kier molecular flexibility index (Phi) is 3.80. The molecule has 0 radical (unpaired) electrons. The highest BCUT2D eigenvalue weighted by atomic mass is 28.1. The van der Waals surface area contributed by atoms with Gasteiger partial charge in [-0.3, -0.25) is 0 Å². The van der Waals surface area contributed by atoms with Crippen molar-refractivity contribution >= 4 is 15.4 Å². The smallest absolute Gasteiger partial charge is 0.0389 e. The van der Waals surface area contributed by atoms with Crippen molar-refractivity contribution in [2.45, 2.75) is 20.3 Å². The van der Waals surface area contributed by atoms with Crippen molar-refractivity contribution in [3.8, 4) is 11.1 Å². The highest BCUT2D eigenvalue weighted by molar-refractivity contribution is 6.34. The maximum Gasteiger partial charge on any atom is 0.0389 e. The van der Waals surface area contributed by atoms with Gasteiger partial charge in [0.1, 0.15) is 0 Å². The first kappa shape index (κ1) is 13.9. The van der Waals surface area contributed by atoms with Crippen LogP contribution in [0.1, 0.15) is 22.4 Å². The van der Waals surface area contributed by atoms with E-state index in [0.29, 0.717) is 0 Å². The Hall–Kier alpha value is -2.06. The molecule has 1 aliphatic carbocycles. The second-order valence-electron chi connectivity index (χ2n) is 5.72. The van der Waals surface area contributed by atoms with Gasteiger partial charge in [-0.1, -0.05) is 47.7 Å². The maximum absolute atomic E-state index is 3.07. The Morgan fingerprint density at radius 3 is 2.33 bits per heavy atom. The minimum absolute atomic E-state index is 1.14. The third kappa shape index (κ3) is 2.72. The van der Waals surface area contributed by atoms with Crippen LogP contribution in [0.3, 0.4) is 0 Å². The van der Waals surface area contributed by atoms with Crippen molar-refractivity contribution in [3.63, 3.8) is 0 Å². The zero-order chi connectivity index (χ0) is 14.8. The van der Waals surface area contributed by atoms with Crippen LogP contribution in [0.2, 0.25) is 0 Å². The fraction of sp³-hybridized carbons (Fsp3) is 0.158. The quantitative estimate of drug-likeness (QED) is 0.480. The highest BCUT2D eigenvalue weighted by Crippen LogP contribution is 2.34. The van der Waals surface area contributed by atoms with Gasteiger partial charge in [-0.2, -0.15) is 0 Å². The molecule has 0 unspecified atom stereocenters. The van der Waals surface area contributed by atoms with Gasteiger partial charge in [0.05, 0.1) is 0 Å². The number of aryl methyl sites for hydroxylation is 2. The molecule has 1 aliphatic rings. The minimum Gasteiger partial charge on any atom is -0.365 e. The van der Waals surface area contributed by atoms with Crippen LogP contribution >= 0.6 is 0 Å². The van der Waals surface area contributed by atoms with Crippen molar-refractivity contribution in [1.82, 2.24) is 4.98 Å². The van der Waals surface area contributed by atoms with Crippen molar-refractivity contribution in [1.29, 1.82) is 0 Å². The summed E-state index contributed by atoms with van der Waals surface area (Å²) >= 11 is 0. The second-order valence-corrected chi connectivity index (χ2v) is 6.80. The number of rotatable bonds is 0. The molecule has 3 aromatic rings. The van der Waals surface area contributed by atoms with Crippen molar-refractivity contribution in [2.24, 2.45) is 0 Å². The normalized spacial score (nSPS) is 11.5. The molecule has 4 rings (SSSR count). The van der Waals surface area contributed by atoms with E-state index in [2.05, 4.69) is 67.4 Å². The molecule has 1 nitrogen and oxygen atoms in total. The molecule has 2 aromatic carbocycles. The van der Waals surface area contributed by atoms with Crippen LogP contribution in [0, 0.1) is 13.8 Å². The van der Waals surface area contributed by atoms with E-state index >= 15 is 0 Å². The summed E-state index contributed by atoms with van der Waals surface area (Å²) in [6.45, 7) is 4.15. The van der Waals surface area contributed by atoms with Crippen LogP contribution in [0.25, 0.3) is 11.1 Å². The molecule has 0 saturated heterocycles. The molecule has 1 heterocycles. The third-order valence-electron chi connectivity index (χ3n) is 4.31. The molecule has 0 fully saturated rings. The number of hydrogen-bond acceptors (Lipinski definition) is 0. The predicted molar refractivity (Wildman–Crippen MR) is 94.5 cm³/mol. The van der Waals surface area contributed by atoms with Gasteiger partial charge >= 0.3 is 0 Å². The van der Waals surface area contributed by atoms with E-state index in [4.69, 9.17) is 0 Å². The average molecular weight is 291 g/mol. The number of fused-ring (bicyclic) bond motifs is 3. The van der Waals surface area contributed by atoms with Crippen molar-refractivity contribution < 1.29 is 0 Å². The molecule has 1 N–H and O–H groups in total. The molecule has 1 aromatic heterocycles. The van der Waals surface area contributed by atoms with E-state index in [1.807, 2.05) is 6.20 Å². The zero-order valence-electron chi connectivity index (χ0n) is 12.9. The van der Waals surface area contributed by atoms with Crippen LogP contribution in [-0.4, -0.2) is 15.2 Å². The van der Waals surface area contributed by atoms with Crippen LogP contribution in [0.15, 0.2) is 54.7 Å². The number of benzene rings is 2. The van der Waals surface area contributed by atoms with Crippen LogP contribution in [0.4, 0.5) is 0 Å². The van der Waals surface area contributed by atoms with Gasteiger partial charge in [0, 0.05) is 22.1 Å². The molecule has 0 aliphatic heterocycles. The van der Waals surface area contributed by atoms with E-state index in [1.54, 1.807) is 10.8 Å². The van der Waals surface area contributed by atoms with Crippen molar-refractivity contribution in [3.05, 3.63) is 77.1 Å². The summed E-state index contributed by atoms with van der Waals surface area (Å²) in [5.74, 6) is 0. The SMILES string of the molecule is Cc1cc[nH]c1C.[SiH3]c1cccc2c1Cc1ccccc1-2. The Balaban J connectivity index is 0.000000160. The number of aromatic amines is 1. The lowest BCUT2D eigenvalue weighted by atomic mass is 10.1. The first-order valence-corrected chi connectivity index (χ1v) is 8.44. The van der Waals surface area contributed by atoms with Gasteiger partial charge in [0.15, 0.2) is 0 Å². The number of nitrogens with one attached hydrogen (secondary N) is 1. The number of aromatic nitrogens is 1. The Morgan fingerprint density at radius 2 is 1.67 bits per heavy atom. The van der Waals surface area contributed by atoms with E-state index in [0.717, 1.165) is 16.7 Å². The van der Waals surface area contributed by atoms with Gasteiger partial charge in [-0.15, -0.1) is 0 Å². The molecule has 0 atom stereocenters. The maximum atomic E-state index is 3.07. The monoisotopic (exact) mass is 291 g/mol. The second kappa shape index (κ2) is 5.74. The first-order chi connectivity index (χ1) is 10.2. The van der Waals surface area contributed by atoms with E-state index < -0.39 is 0 Å². The summed E-state index contributed by atoms with van der Waals surface area (Å²) in [6, 6.07) is 17.5. The number of hydrogen-bond donors (Lipinski definition) is 1. The Morgan fingerprint density at radius 1 is 0.905 bits per heavy atom. The summed E-state index contributed by atoms with van der Waals surface area (Å²) in [6.07, 6.45) is 3.09. The Bertz CT molecular complexity index is 754. The largest absolute Gasteiger partial charge is 0.365 e. The molecular weight excluding hydrogens is 270 g/mol. The topological polar surface area (TPSA) is 15.8 Å². The fourth-order valence-corrected chi connectivity index (χ4v) is 3.49. The summed E-state index contributed by atoms with van der Waals surface area (Å²) in [7, 11) is 1.16. The van der Waals surface area contributed by atoms with Crippen LogP contribution in [-0.2, 0) is 6.42 Å². The first-order valence-electron chi connectivity index (χ1n) is 7.44. The van der Waals surface area contributed by atoms with Gasteiger partial charge in [-0.05, 0) is 54.2 Å². The van der Waals surface area contributed by atoms with E-state index in [9.17, 15) is 0 Å². The predicted octanol–water partition coefficient (Wildman–Crippen LogP) is 2.88. The third-order valence-corrected chi connectivity index (χ3v) is 5.25. The van der Waals surface area contributed by atoms with Gasteiger partial charge in [0.2, 0.25) is 0 Å². The summed E-state index contributed by atoms with van der Waals surface area (Å²) in [4.78, 5) is 3.07. The lowest BCUT2D eigenvalue weighted by Crippen LogP contribution is -2.08. The van der Waals surface area contributed by atoms with E-state index in [1.165, 1.54) is 27.9 Å². The molecule has 21 heavy (non-hydrogen) atoms.